The first kappa shape index (κ1) is 30.5. The summed E-state index contributed by atoms with van der Waals surface area (Å²) in [5.74, 6) is 1.05. The highest BCUT2D eigenvalue weighted by molar-refractivity contribution is 9.10. The van der Waals surface area contributed by atoms with E-state index in [9.17, 15) is 4.79 Å². The number of aromatic nitrogens is 1. The molecule has 2 aliphatic rings. The zero-order valence-electron chi connectivity index (χ0n) is 23.8. The highest BCUT2D eigenvalue weighted by Gasteiger charge is 2.32. The highest BCUT2D eigenvalue weighted by atomic mass is 79.9. The van der Waals surface area contributed by atoms with E-state index in [1.165, 1.54) is 22.5 Å². The van der Waals surface area contributed by atoms with Gasteiger partial charge in [-0.15, -0.1) is 0 Å². The molecule has 1 aromatic heterocycles. The van der Waals surface area contributed by atoms with Crippen LogP contribution in [0.5, 0.6) is 11.5 Å². The van der Waals surface area contributed by atoms with E-state index in [1.54, 1.807) is 19.2 Å². The van der Waals surface area contributed by atoms with Crippen LogP contribution < -0.4 is 24.4 Å². The molecule has 7 rings (SSSR count). The molecular weight excluding hydrogens is 759 g/mol. The summed E-state index contributed by atoms with van der Waals surface area (Å²) in [7, 11) is 1.59. The maximum atomic E-state index is 14.2. The Hall–Kier alpha value is -3.14. The van der Waals surface area contributed by atoms with E-state index < -0.39 is 0 Å². The average Bonchev–Trinajstić information content (AvgIpc) is 3.34. The molecule has 0 radical (unpaired) electrons. The molecule has 0 bridgehead atoms. The van der Waals surface area contributed by atoms with Crippen molar-refractivity contribution in [2.75, 3.05) is 7.11 Å². The lowest BCUT2D eigenvalue weighted by Crippen LogP contribution is -2.38. The number of methoxy groups -OCH3 is 1. The van der Waals surface area contributed by atoms with Crippen molar-refractivity contribution < 1.29 is 9.47 Å². The van der Waals surface area contributed by atoms with Crippen molar-refractivity contribution in [1.29, 1.82) is 0 Å². The predicted molar refractivity (Wildman–Crippen MR) is 188 cm³/mol. The molecule has 10 heteroatoms. The third-order valence-electron chi connectivity index (χ3n) is 8.00. The Morgan fingerprint density at radius 2 is 1.82 bits per heavy atom. The van der Waals surface area contributed by atoms with E-state index in [-0.39, 0.29) is 18.2 Å². The quantitative estimate of drug-likeness (QED) is 0.173. The number of aryl methyl sites for hydroxylation is 1. The molecule has 5 aromatic rings. The summed E-state index contributed by atoms with van der Waals surface area (Å²) in [5, 5.41) is 1.08. The summed E-state index contributed by atoms with van der Waals surface area (Å²) in [6.07, 6.45) is 3.63. The van der Waals surface area contributed by atoms with Gasteiger partial charge in [0.2, 0.25) is 0 Å². The van der Waals surface area contributed by atoms with Crippen LogP contribution in [0.25, 0.3) is 11.8 Å². The second kappa shape index (κ2) is 12.6. The molecule has 1 atom stereocenters. The first-order chi connectivity index (χ1) is 21.8. The molecule has 0 saturated carbocycles. The zero-order valence-corrected chi connectivity index (χ0v) is 29.3. The number of thiazole rings is 1. The summed E-state index contributed by atoms with van der Waals surface area (Å²) in [6.45, 7) is 0.229. The van der Waals surface area contributed by atoms with Crippen molar-refractivity contribution >= 4 is 78.2 Å². The number of rotatable bonds is 6. The van der Waals surface area contributed by atoms with Gasteiger partial charge in [0, 0.05) is 25.6 Å². The van der Waals surface area contributed by atoms with Crippen LogP contribution in [0.1, 0.15) is 40.3 Å². The minimum absolute atomic E-state index is 0.0788. The summed E-state index contributed by atoms with van der Waals surface area (Å²) >= 11 is 21.0. The van der Waals surface area contributed by atoms with Gasteiger partial charge in [0.25, 0.3) is 5.56 Å². The monoisotopic (exact) mass is 780 g/mol. The molecule has 0 saturated heterocycles. The van der Waals surface area contributed by atoms with Gasteiger partial charge in [-0.3, -0.25) is 9.36 Å². The number of nitrogens with zero attached hydrogens (tertiary/aromatic N) is 2. The standard InChI is InChI=1S/C35H24Br2Cl2N2O3S/c1-43-29-15-19(14-27(37)33(29)44-18-22-8-12-24(38)17-28(22)39)16-30-34(42)41-32(21-6-10-23(36)11-7-21)26-13-9-20-4-2-3-5-25(20)31(26)40-35(41)45-30/h2-8,10-12,14-17,32H,9,13,18H2,1H3/b30-16-/t32-/m1/s1. The summed E-state index contributed by atoms with van der Waals surface area (Å²) in [4.78, 5) is 20.0. The predicted octanol–water partition coefficient (Wildman–Crippen LogP) is 8.74. The third kappa shape index (κ3) is 5.83. The third-order valence-corrected chi connectivity index (χ3v) is 10.7. The van der Waals surface area contributed by atoms with Crippen molar-refractivity contribution in [2.24, 2.45) is 4.99 Å². The smallest absolute Gasteiger partial charge is 0.271 e. The lowest BCUT2D eigenvalue weighted by atomic mass is 9.83. The number of ether oxygens (including phenoxy) is 2. The van der Waals surface area contributed by atoms with E-state index in [0.29, 0.717) is 35.4 Å². The maximum Gasteiger partial charge on any atom is 0.271 e. The first-order valence-electron chi connectivity index (χ1n) is 14.1. The molecule has 0 spiro atoms. The van der Waals surface area contributed by atoms with E-state index in [4.69, 9.17) is 37.7 Å². The van der Waals surface area contributed by atoms with Crippen molar-refractivity contribution in [3.05, 3.63) is 151 Å². The molecule has 4 aromatic carbocycles. The molecule has 2 heterocycles. The Kier molecular flexibility index (Phi) is 8.52. The fourth-order valence-electron chi connectivity index (χ4n) is 5.87. The van der Waals surface area contributed by atoms with Crippen LogP contribution in [0.2, 0.25) is 10.0 Å². The molecule has 0 unspecified atom stereocenters. The van der Waals surface area contributed by atoms with Crippen molar-refractivity contribution in [2.45, 2.75) is 25.5 Å². The first-order valence-corrected chi connectivity index (χ1v) is 17.3. The molecule has 0 amide bonds. The maximum absolute atomic E-state index is 14.2. The van der Waals surface area contributed by atoms with Gasteiger partial charge in [-0.2, -0.15) is 0 Å². The molecular formula is C35H24Br2Cl2N2O3S. The van der Waals surface area contributed by atoms with Gasteiger partial charge in [0.1, 0.15) is 6.61 Å². The SMILES string of the molecule is COc1cc(/C=c2\sc3n(c2=O)[C@H](c2ccc(Br)cc2)C2=C(N=3)c3ccccc3CC2)cc(Br)c1OCc1ccc(Cl)cc1Cl. The topological polar surface area (TPSA) is 52.8 Å². The summed E-state index contributed by atoms with van der Waals surface area (Å²) in [5.41, 5.74) is 7.13. The molecule has 5 nitrogen and oxygen atoms in total. The van der Waals surface area contributed by atoms with Crippen LogP contribution in [0.15, 0.2) is 103 Å². The van der Waals surface area contributed by atoms with Crippen LogP contribution in [-0.4, -0.2) is 11.7 Å². The minimum atomic E-state index is -0.239. The Labute approximate surface area is 290 Å². The van der Waals surface area contributed by atoms with Gasteiger partial charge in [0.05, 0.1) is 27.9 Å². The number of benzene rings is 4. The van der Waals surface area contributed by atoms with Gasteiger partial charge in [-0.05, 0) is 93.5 Å². The number of allylic oxidation sites excluding steroid dienone is 1. The van der Waals surface area contributed by atoms with Crippen LogP contribution in [0.4, 0.5) is 0 Å². The van der Waals surface area contributed by atoms with E-state index in [0.717, 1.165) is 45.3 Å². The molecule has 1 aliphatic heterocycles. The van der Waals surface area contributed by atoms with Crippen molar-refractivity contribution in [1.82, 2.24) is 4.57 Å². The van der Waals surface area contributed by atoms with Gasteiger partial charge < -0.3 is 9.47 Å². The Bertz CT molecular complexity index is 2190. The van der Waals surface area contributed by atoms with Gasteiger partial charge in [0.15, 0.2) is 16.3 Å². The van der Waals surface area contributed by atoms with Crippen molar-refractivity contribution in [3.8, 4) is 11.5 Å². The second-order valence-electron chi connectivity index (χ2n) is 10.7. The van der Waals surface area contributed by atoms with Crippen LogP contribution in [0, 0.1) is 0 Å². The van der Waals surface area contributed by atoms with Crippen molar-refractivity contribution in [3.63, 3.8) is 0 Å². The van der Waals surface area contributed by atoms with Crippen LogP contribution in [-0.2, 0) is 13.0 Å². The highest BCUT2D eigenvalue weighted by Crippen LogP contribution is 2.42. The number of hydrogen-bond donors (Lipinski definition) is 0. The molecule has 0 N–H and O–H groups in total. The molecule has 1 aliphatic carbocycles. The Balaban J connectivity index is 1.31. The summed E-state index contributed by atoms with van der Waals surface area (Å²) < 4.78 is 15.9. The van der Waals surface area contributed by atoms with Gasteiger partial charge in [-0.1, -0.05) is 92.9 Å². The largest absolute Gasteiger partial charge is 0.493 e. The number of halogens is 4. The van der Waals surface area contributed by atoms with Gasteiger partial charge >= 0.3 is 0 Å². The fraction of sp³-hybridized carbons (Fsp3) is 0.143. The molecule has 226 valence electrons. The number of hydrogen-bond acceptors (Lipinski definition) is 5. The molecule has 45 heavy (non-hydrogen) atoms. The fourth-order valence-corrected chi connectivity index (χ4v) is 8.17. The average molecular weight is 783 g/mol. The zero-order chi connectivity index (χ0) is 31.2. The minimum Gasteiger partial charge on any atom is -0.493 e. The van der Waals surface area contributed by atoms with E-state index >= 15 is 0 Å². The second-order valence-corrected chi connectivity index (χ2v) is 14.3. The van der Waals surface area contributed by atoms with E-state index in [1.807, 2.05) is 41.0 Å². The van der Waals surface area contributed by atoms with Gasteiger partial charge in [-0.25, -0.2) is 4.99 Å². The Morgan fingerprint density at radius 3 is 2.60 bits per heavy atom. The summed E-state index contributed by atoms with van der Waals surface area (Å²) in [6, 6.07) is 25.5. The molecule has 0 fully saturated rings. The van der Waals surface area contributed by atoms with E-state index in [2.05, 4.69) is 68.3 Å². The number of fused-ring (bicyclic) bond motifs is 3. The lowest BCUT2D eigenvalue weighted by molar-refractivity contribution is 0.282. The normalized spacial score (nSPS) is 15.7. The van der Waals surface area contributed by atoms with Crippen LogP contribution >= 0.6 is 66.4 Å². The lowest BCUT2D eigenvalue weighted by Gasteiger charge is -2.30. The van der Waals surface area contributed by atoms with Crippen LogP contribution in [0.3, 0.4) is 0 Å². The Morgan fingerprint density at radius 1 is 1.02 bits per heavy atom.